The lowest BCUT2D eigenvalue weighted by Crippen LogP contribution is -2.47. The SMILES string of the molecule is O=C(NCCCOCCc1ccccc1)N1CCCC(O)C1. The summed E-state index contributed by atoms with van der Waals surface area (Å²) in [6, 6.07) is 10.2. The second-order valence-electron chi connectivity index (χ2n) is 5.68. The zero-order valence-corrected chi connectivity index (χ0v) is 13.0. The highest BCUT2D eigenvalue weighted by molar-refractivity contribution is 5.74. The molecule has 1 aliphatic rings. The third-order valence-electron chi connectivity index (χ3n) is 3.80. The maximum Gasteiger partial charge on any atom is 0.317 e. The highest BCUT2D eigenvalue weighted by Gasteiger charge is 2.21. The molecule has 1 fully saturated rings. The summed E-state index contributed by atoms with van der Waals surface area (Å²) in [5.41, 5.74) is 1.28. The van der Waals surface area contributed by atoms with Gasteiger partial charge in [-0.2, -0.15) is 0 Å². The van der Waals surface area contributed by atoms with E-state index >= 15 is 0 Å². The van der Waals surface area contributed by atoms with Gasteiger partial charge in [0.1, 0.15) is 0 Å². The highest BCUT2D eigenvalue weighted by atomic mass is 16.5. The number of carbonyl (C=O) groups excluding carboxylic acids is 1. The third-order valence-corrected chi connectivity index (χ3v) is 3.80. The molecule has 5 heteroatoms. The van der Waals surface area contributed by atoms with Gasteiger partial charge in [0.25, 0.3) is 0 Å². The smallest absolute Gasteiger partial charge is 0.317 e. The lowest BCUT2D eigenvalue weighted by molar-refractivity contribution is 0.0837. The Bertz CT molecular complexity index is 439. The average Bonchev–Trinajstić information content (AvgIpc) is 2.54. The average molecular weight is 306 g/mol. The largest absolute Gasteiger partial charge is 0.391 e. The summed E-state index contributed by atoms with van der Waals surface area (Å²) in [4.78, 5) is 13.6. The summed E-state index contributed by atoms with van der Waals surface area (Å²) in [7, 11) is 0. The maximum atomic E-state index is 11.9. The molecule has 1 aromatic carbocycles. The minimum atomic E-state index is -0.374. The van der Waals surface area contributed by atoms with Gasteiger partial charge in [-0.1, -0.05) is 30.3 Å². The van der Waals surface area contributed by atoms with Gasteiger partial charge < -0.3 is 20.1 Å². The van der Waals surface area contributed by atoms with Gasteiger partial charge in [0.05, 0.1) is 12.7 Å². The molecule has 1 heterocycles. The van der Waals surface area contributed by atoms with Crippen LogP contribution in [0.15, 0.2) is 30.3 Å². The molecule has 1 aliphatic heterocycles. The van der Waals surface area contributed by atoms with Crippen LogP contribution >= 0.6 is 0 Å². The number of benzene rings is 1. The number of aliphatic hydroxyl groups is 1. The Labute approximate surface area is 132 Å². The van der Waals surface area contributed by atoms with E-state index in [2.05, 4.69) is 17.4 Å². The zero-order valence-electron chi connectivity index (χ0n) is 13.0. The molecule has 2 amide bonds. The van der Waals surface area contributed by atoms with Gasteiger partial charge in [-0.3, -0.25) is 0 Å². The number of hydrogen-bond acceptors (Lipinski definition) is 3. The Kier molecular flexibility index (Phi) is 7.19. The van der Waals surface area contributed by atoms with Crippen molar-refractivity contribution in [1.29, 1.82) is 0 Å². The van der Waals surface area contributed by atoms with Gasteiger partial charge in [0.2, 0.25) is 0 Å². The number of urea groups is 1. The molecule has 1 unspecified atom stereocenters. The van der Waals surface area contributed by atoms with Crippen molar-refractivity contribution in [3.8, 4) is 0 Å². The van der Waals surface area contributed by atoms with Gasteiger partial charge in [0, 0.05) is 26.2 Å². The van der Waals surface area contributed by atoms with Crippen LogP contribution in [0.3, 0.4) is 0 Å². The molecule has 1 aromatic rings. The number of piperidine rings is 1. The molecule has 2 rings (SSSR count). The van der Waals surface area contributed by atoms with Gasteiger partial charge in [-0.05, 0) is 31.2 Å². The summed E-state index contributed by atoms with van der Waals surface area (Å²) in [6.45, 7) is 3.14. The molecule has 2 N–H and O–H groups in total. The number of hydrogen-bond donors (Lipinski definition) is 2. The van der Waals surface area contributed by atoms with Crippen molar-refractivity contribution in [2.45, 2.75) is 31.8 Å². The predicted molar refractivity (Wildman–Crippen MR) is 85.8 cm³/mol. The van der Waals surface area contributed by atoms with Crippen molar-refractivity contribution < 1.29 is 14.6 Å². The first kappa shape index (κ1) is 16.8. The molecule has 122 valence electrons. The fourth-order valence-electron chi connectivity index (χ4n) is 2.56. The number of nitrogens with zero attached hydrogens (tertiary/aromatic N) is 1. The highest BCUT2D eigenvalue weighted by Crippen LogP contribution is 2.09. The molecule has 0 bridgehead atoms. The van der Waals surface area contributed by atoms with Gasteiger partial charge in [-0.25, -0.2) is 4.79 Å². The maximum absolute atomic E-state index is 11.9. The number of aliphatic hydroxyl groups excluding tert-OH is 1. The molecule has 1 atom stereocenters. The Morgan fingerprint density at radius 1 is 1.32 bits per heavy atom. The first-order valence-corrected chi connectivity index (χ1v) is 8.08. The first-order chi connectivity index (χ1) is 10.8. The molecule has 0 aliphatic carbocycles. The Morgan fingerprint density at radius 3 is 2.91 bits per heavy atom. The summed E-state index contributed by atoms with van der Waals surface area (Å²) in [6.07, 6.45) is 3.01. The number of carbonyl (C=O) groups is 1. The summed E-state index contributed by atoms with van der Waals surface area (Å²) in [5, 5.41) is 12.4. The van der Waals surface area contributed by atoms with Crippen molar-refractivity contribution >= 4 is 6.03 Å². The van der Waals surface area contributed by atoms with E-state index in [9.17, 15) is 9.90 Å². The van der Waals surface area contributed by atoms with E-state index in [0.29, 0.717) is 26.3 Å². The second-order valence-corrected chi connectivity index (χ2v) is 5.68. The first-order valence-electron chi connectivity index (χ1n) is 8.08. The third kappa shape index (κ3) is 6.03. The fourth-order valence-corrected chi connectivity index (χ4v) is 2.56. The van der Waals surface area contributed by atoms with Crippen molar-refractivity contribution in [3.05, 3.63) is 35.9 Å². The molecule has 22 heavy (non-hydrogen) atoms. The molecular formula is C17H26N2O3. The summed E-state index contributed by atoms with van der Waals surface area (Å²) < 4.78 is 5.58. The zero-order chi connectivity index (χ0) is 15.6. The molecule has 5 nitrogen and oxygen atoms in total. The Balaban J connectivity index is 1.48. The minimum Gasteiger partial charge on any atom is -0.391 e. The van der Waals surface area contributed by atoms with Crippen LogP contribution in [0.25, 0.3) is 0 Å². The number of likely N-dealkylation sites (tertiary alicyclic amines) is 1. The molecular weight excluding hydrogens is 280 g/mol. The lowest BCUT2D eigenvalue weighted by atomic mass is 10.1. The predicted octanol–water partition coefficient (Wildman–Crippen LogP) is 1.80. The molecule has 1 saturated heterocycles. The van der Waals surface area contributed by atoms with Crippen LogP contribution < -0.4 is 5.32 Å². The van der Waals surface area contributed by atoms with E-state index in [4.69, 9.17) is 4.74 Å². The van der Waals surface area contributed by atoms with E-state index in [1.54, 1.807) is 4.90 Å². The standard InChI is InChI=1S/C17H26N2O3/c20-16-8-4-11-19(14-16)17(21)18-10-5-12-22-13-9-15-6-2-1-3-7-15/h1-3,6-7,16,20H,4-5,8-14H2,(H,18,21). The van der Waals surface area contributed by atoms with Crippen LogP contribution in [0.2, 0.25) is 0 Å². The van der Waals surface area contributed by atoms with E-state index in [1.807, 2.05) is 18.2 Å². The fraction of sp³-hybridized carbons (Fsp3) is 0.588. The van der Waals surface area contributed by atoms with Crippen molar-refractivity contribution in [3.63, 3.8) is 0 Å². The second kappa shape index (κ2) is 9.43. The van der Waals surface area contributed by atoms with E-state index < -0.39 is 0 Å². The topological polar surface area (TPSA) is 61.8 Å². The molecule has 0 spiro atoms. The number of amides is 2. The number of ether oxygens (including phenoxy) is 1. The van der Waals surface area contributed by atoms with E-state index in [0.717, 1.165) is 32.2 Å². The number of β-amino-alcohol motifs (C(OH)–C–C–N with tert-alkyl or cyclic N) is 1. The van der Waals surface area contributed by atoms with E-state index in [-0.39, 0.29) is 12.1 Å². The van der Waals surface area contributed by atoms with Crippen molar-refractivity contribution in [2.24, 2.45) is 0 Å². The lowest BCUT2D eigenvalue weighted by Gasteiger charge is -2.30. The number of rotatable bonds is 7. The van der Waals surface area contributed by atoms with Gasteiger partial charge >= 0.3 is 6.03 Å². The quantitative estimate of drug-likeness (QED) is 0.755. The molecule has 0 saturated carbocycles. The van der Waals surface area contributed by atoms with Crippen LogP contribution in [0.1, 0.15) is 24.8 Å². The molecule has 0 radical (unpaired) electrons. The summed E-state index contributed by atoms with van der Waals surface area (Å²) in [5.74, 6) is 0. The van der Waals surface area contributed by atoms with Crippen LogP contribution in [-0.2, 0) is 11.2 Å². The molecule has 0 aromatic heterocycles. The number of nitrogens with one attached hydrogen (secondary N) is 1. The monoisotopic (exact) mass is 306 g/mol. The van der Waals surface area contributed by atoms with Gasteiger partial charge in [-0.15, -0.1) is 0 Å². The normalized spacial score (nSPS) is 18.2. The Hall–Kier alpha value is -1.59. The Morgan fingerprint density at radius 2 is 2.14 bits per heavy atom. The van der Waals surface area contributed by atoms with Gasteiger partial charge in [0.15, 0.2) is 0 Å². The van der Waals surface area contributed by atoms with Crippen LogP contribution in [-0.4, -0.2) is 55.0 Å². The minimum absolute atomic E-state index is 0.0805. The van der Waals surface area contributed by atoms with Crippen molar-refractivity contribution in [1.82, 2.24) is 10.2 Å². The summed E-state index contributed by atoms with van der Waals surface area (Å²) >= 11 is 0. The van der Waals surface area contributed by atoms with Crippen molar-refractivity contribution in [2.75, 3.05) is 32.8 Å². The van der Waals surface area contributed by atoms with E-state index in [1.165, 1.54) is 5.56 Å². The van der Waals surface area contributed by atoms with Crippen LogP contribution in [0, 0.1) is 0 Å². The van der Waals surface area contributed by atoms with Crippen LogP contribution in [0.5, 0.6) is 0 Å². The van der Waals surface area contributed by atoms with Crippen LogP contribution in [0.4, 0.5) is 4.79 Å².